The van der Waals surface area contributed by atoms with Crippen LogP contribution in [0.4, 0.5) is 0 Å². The van der Waals surface area contributed by atoms with Crippen LogP contribution in [0, 0.1) is 22.7 Å². The van der Waals surface area contributed by atoms with Crippen molar-refractivity contribution in [2.24, 2.45) is 28.4 Å². The third-order valence-electron chi connectivity index (χ3n) is 7.19. The van der Waals surface area contributed by atoms with Crippen molar-refractivity contribution in [3.05, 3.63) is 0 Å². The molecule has 138 valence electrons. The lowest BCUT2D eigenvalue weighted by molar-refractivity contribution is -0.225. The maximum Gasteiger partial charge on any atom is 0.241 e. The molecule has 0 aromatic carbocycles. The van der Waals surface area contributed by atoms with Crippen LogP contribution in [0.5, 0.6) is 0 Å². The second kappa shape index (κ2) is 6.28. The SMILES string of the molecule is CC(C)CC1(CNC(=O)C2(N)C3CCCOC3C2(C)C)CCCC1. The molecule has 3 aliphatic rings. The molecule has 0 spiro atoms. The minimum absolute atomic E-state index is 0.0503. The molecule has 0 aromatic rings. The normalized spacial score (nSPS) is 36.9. The highest BCUT2D eigenvalue weighted by Gasteiger charge is 2.70. The van der Waals surface area contributed by atoms with Gasteiger partial charge < -0.3 is 15.8 Å². The number of fused-ring (bicyclic) bond motifs is 1. The summed E-state index contributed by atoms with van der Waals surface area (Å²) < 4.78 is 5.93. The molecule has 0 radical (unpaired) electrons. The highest BCUT2D eigenvalue weighted by molar-refractivity contribution is 5.89. The molecule has 3 N–H and O–H groups in total. The Morgan fingerprint density at radius 3 is 2.54 bits per heavy atom. The van der Waals surface area contributed by atoms with Gasteiger partial charge in [0.1, 0.15) is 5.54 Å². The zero-order valence-electron chi connectivity index (χ0n) is 16.0. The first-order valence-electron chi connectivity index (χ1n) is 9.92. The maximum atomic E-state index is 13.1. The lowest BCUT2D eigenvalue weighted by Gasteiger charge is -2.65. The number of rotatable bonds is 5. The van der Waals surface area contributed by atoms with E-state index in [0.717, 1.165) is 26.0 Å². The molecule has 2 saturated carbocycles. The largest absolute Gasteiger partial charge is 0.377 e. The summed E-state index contributed by atoms with van der Waals surface area (Å²) in [7, 11) is 0. The van der Waals surface area contributed by atoms with E-state index >= 15 is 0 Å². The molecule has 1 saturated heterocycles. The summed E-state index contributed by atoms with van der Waals surface area (Å²) in [4.78, 5) is 13.1. The first-order valence-corrected chi connectivity index (χ1v) is 9.92. The fourth-order valence-corrected chi connectivity index (χ4v) is 5.89. The number of hydrogen-bond acceptors (Lipinski definition) is 3. The van der Waals surface area contributed by atoms with E-state index in [4.69, 9.17) is 10.5 Å². The molecule has 1 amide bonds. The minimum atomic E-state index is -0.782. The lowest BCUT2D eigenvalue weighted by Crippen LogP contribution is -2.82. The molecule has 3 atom stereocenters. The molecule has 0 aromatic heterocycles. The fraction of sp³-hybridized carbons (Fsp3) is 0.950. The standard InChI is InChI=1S/C20H36N2O2/c1-14(2)12-19(9-5-6-10-19)13-22-17(23)20(21)15-8-7-11-24-16(15)18(20,3)4/h14-16H,5-13,21H2,1-4H3,(H,22,23). The average Bonchev–Trinajstić information content (AvgIpc) is 2.99. The second-order valence-electron chi connectivity index (χ2n) is 9.62. The Balaban J connectivity index is 1.68. The third-order valence-corrected chi connectivity index (χ3v) is 7.19. The van der Waals surface area contributed by atoms with Gasteiger partial charge in [-0.2, -0.15) is 0 Å². The van der Waals surface area contributed by atoms with Crippen LogP contribution >= 0.6 is 0 Å². The number of hydrogen-bond donors (Lipinski definition) is 2. The number of amides is 1. The van der Waals surface area contributed by atoms with E-state index < -0.39 is 5.54 Å². The maximum absolute atomic E-state index is 13.1. The summed E-state index contributed by atoms with van der Waals surface area (Å²) in [5.74, 6) is 0.892. The van der Waals surface area contributed by atoms with Gasteiger partial charge in [-0.1, -0.05) is 40.5 Å². The van der Waals surface area contributed by atoms with E-state index in [9.17, 15) is 4.79 Å². The van der Waals surface area contributed by atoms with E-state index in [0.29, 0.717) is 5.92 Å². The summed E-state index contributed by atoms with van der Waals surface area (Å²) in [6.07, 6.45) is 8.42. The molecule has 3 fully saturated rings. The molecule has 4 heteroatoms. The molecule has 4 nitrogen and oxygen atoms in total. The number of nitrogens with one attached hydrogen (secondary N) is 1. The zero-order chi connectivity index (χ0) is 17.6. The zero-order valence-corrected chi connectivity index (χ0v) is 16.0. The Bertz CT molecular complexity index is 482. The molecule has 1 aliphatic heterocycles. The van der Waals surface area contributed by atoms with Gasteiger partial charge in [-0.25, -0.2) is 0 Å². The molecule has 1 heterocycles. The Kier molecular flexibility index (Phi) is 4.76. The molecule has 2 aliphatic carbocycles. The summed E-state index contributed by atoms with van der Waals surface area (Å²) in [5.41, 5.74) is 5.93. The van der Waals surface area contributed by atoms with Crippen molar-refractivity contribution in [1.29, 1.82) is 0 Å². The van der Waals surface area contributed by atoms with Crippen molar-refractivity contribution in [3.8, 4) is 0 Å². The van der Waals surface area contributed by atoms with E-state index in [1.807, 2.05) is 0 Å². The predicted molar refractivity (Wildman–Crippen MR) is 96.5 cm³/mol. The lowest BCUT2D eigenvalue weighted by atomic mass is 9.46. The van der Waals surface area contributed by atoms with Crippen molar-refractivity contribution in [2.75, 3.05) is 13.2 Å². The van der Waals surface area contributed by atoms with Gasteiger partial charge in [0.15, 0.2) is 0 Å². The Labute approximate surface area is 147 Å². The monoisotopic (exact) mass is 336 g/mol. The Morgan fingerprint density at radius 2 is 1.92 bits per heavy atom. The van der Waals surface area contributed by atoms with Gasteiger partial charge in [0.25, 0.3) is 0 Å². The van der Waals surface area contributed by atoms with Gasteiger partial charge in [0, 0.05) is 24.5 Å². The average molecular weight is 337 g/mol. The second-order valence-corrected chi connectivity index (χ2v) is 9.62. The van der Waals surface area contributed by atoms with Gasteiger partial charge in [-0.3, -0.25) is 4.79 Å². The highest BCUT2D eigenvalue weighted by Crippen LogP contribution is 2.57. The molecule has 3 unspecified atom stereocenters. The van der Waals surface area contributed by atoms with Gasteiger partial charge in [-0.15, -0.1) is 0 Å². The van der Waals surface area contributed by atoms with Crippen molar-refractivity contribution < 1.29 is 9.53 Å². The van der Waals surface area contributed by atoms with Crippen LogP contribution in [0.3, 0.4) is 0 Å². The van der Waals surface area contributed by atoms with Crippen molar-refractivity contribution >= 4 is 5.91 Å². The van der Waals surface area contributed by atoms with Crippen LogP contribution in [-0.2, 0) is 9.53 Å². The van der Waals surface area contributed by atoms with Gasteiger partial charge >= 0.3 is 0 Å². The summed E-state index contributed by atoms with van der Waals surface area (Å²) in [6, 6.07) is 0. The summed E-state index contributed by atoms with van der Waals surface area (Å²) >= 11 is 0. The van der Waals surface area contributed by atoms with Crippen LogP contribution in [0.1, 0.15) is 72.6 Å². The predicted octanol–water partition coefficient (Wildman–Crippen LogP) is 3.24. The molecule has 0 bridgehead atoms. The number of carbonyl (C=O) groups is 1. The number of carbonyl (C=O) groups excluding carboxylic acids is 1. The molecular weight excluding hydrogens is 300 g/mol. The number of nitrogens with two attached hydrogens (primary N) is 1. The van der Waals surface area contributed by atoms with Crippen LogP contribution in [-0.4, -0.2) is 30.7 Å². The van der Waals surface area contributed by atoms with Gasteiger partial charge in [0.05, 0.1) is 6.10 Å². The molecule has 3 rings (SSSR count). The van der Waals surface area contributed by atoms with Crippen LogP contribution in [0.25, 0.3) is 0 Å². The molecular formula is C20H36N2O2. The fourth-order valence-electron chi connectivity index (χ4n) is 5.89. The Hall–Kier alpha value is -0.610. The topological polar surface area (TPSA) is 64.4 Å². The van der Waals surface area contributed by atoms with E-state index in [1.165, 1.54) is 32.1 Å². The smallest absolute Gasteiger partial charge is 0.241 e. The van der Waals surface area contributed by atoms with Gasteiger partial charge in [0.2, 0.25) is 5.91 Å². The molecule has 24 heavy (non-hydrogen) atoms. The van der Waals surface area contributed by atoms with Crippen molar-refractivity contribution in [1.82, 2.24) is 5.32 Å². The van der Waals surface area contributed by atoms with Crippen LogP contribution < -0.4 is 11.1 Å². The number of ether oxygens (including phenoxy) is 1. The third kappa shape index (κ3) is 2.70. The van der Waals surface area contributed by atoms with E-state index in [1.54, 1.807) is 0 Å². The van der Waals surface area contributed by atoms with Gasteiger partial charge in [-0.05, 0) is 43.4 Å². The first kappa shape index (κ1) is 18.2. The van der Waals surface area contributed by atoms with Crippen LogP contribution in [0.2, 0.25) is 0 Å². The summed E-state index contributed by atoms with van der Waals surface area (Å²) in [5, 5.41) is 3.28. The van der Waals surface area contributed by atoms with Crippen molar-refractivity contribution in [2.45, 2.75) is 84.3 Å². The highest BCUT2D eigenvalue weighted by atomic mass is 16.5. The quantitative estimate of drug-likeness (QED) is 0.810. The first-order chi connectivity index (χ1) is 11.2. The minimum Gasteiger partial charge on any atom is -0.377 e. The Morgan fingerprint density at radius 1 is 1.25 bits per heavy atom. The summed E-state index contributed by atoms with van der Waals surface area (Å²) in [6.45, 7) is 10.4. The van der Waals surface area contributed by atoms with E-state index in [2.05, 4.69) is 33.0 Å². The van der Waals surface area contributed by atoms with Crippen LogP contribution in [0.15, 0.2) is 0 Å². The van der Waals surface area contributed by atoms with E-state index in [-0.39, 0.29) is 28.8 Å². The van der Waals surface area contributed by atoms with Crippen molar-refractivity contribution in [3.63, 3.8) is 0 Å².